The number of nitrogens with two attached hydrogens (primary N) is 1. The molecule has 0 aliphatic rings. The highest BCUT2D eigenvalue weighted by Crippen LogP contribution is 2.18. The van der Waals surface area contributed by atoms with E-state index in [1.807, 2.05) is 41.9 Å². The van der Waals surface area contributed by atoms with E-state index in [1.54, 1.807) is 0 Å². The highest BCUT2D eigenvalue weighted by atomic mass is 32.1. The summed E-state index contributed by atoms with van der Waals surface area (Å²) in [4.78, 5) is 12.2. The van der Waals surface area contributed by atoms with Crippen LogP contribution >= 0.6 is 11.3 Å². The number of fused-ring (bicyclic) bond motifs is 1. The van der Waals surface area contributed by atoms with Gasteiger partial charge in [-0.25, -0.2) is 0 Å². The smallest absolute Gasteiger partial charge is 0.267 e. The molecule has 6 nitrogen and oxygen atoms in total. The van der Waals surface area contributed by atoms with E-state index < -0.39 is 0 Å². The second-order valence-corrected chi connectivity index (χ2v) is 5.78. The quantitative estimate of drug-likeness (QED) is 0.766. The molecule has 3 aromatic rings. The van der Waals surface area contributed by atoms with E-state index in [2.05, 4.69) is 15.5 Å². The Kier molecular flexibility index (Phi) is 3.57. The highest BCUT2D eigenvalue weighted by molar-refractivity contribution is 7.15. The van der Waals surface area contributed by atoms with Crippen LogP contribution in [0.15, 0.2) is 30.3 Å². The van der Waals surface area contributed by atoms with Gasteiger partial charge >= 0.3 is 0 Å². The van der Waals surface area contributed by atoms with Crippen LogP contribution in [0.4, 0.5) is 5.13 Å². The first-order valence-electron chi connectivity index (χ1n) is 6.55. The van der Waals surface area contributed by atoms with Crippen molar-refractivity contribution < 1.29 is 4.79 Å². The topological polar surface area (TPSA) is 85.8 Å². The van der Waals surface area contributed by atoms with Gasteiger partial charge in [0.2, 0.25) is 5.13 Å². The SMILES string of the molecule is Cn1c(C(=O)NCCc2nnc(N)s2)cc2ccccc21. The fraction of sp³-hybridized carbons (Fsp3) is 0.214. The molecule has 108 valence electrons. The van der Waals surface area contributed by atoms with Gasteiger partial charge in [-0.3, -0.25) is 4.79 Å². The number of hydrogen-bond acceptors (Lipinski definition) is 5. The zero-order valence-corrected chi connectivity index (χ0v) is 12.4. The molecule has 0 radical (unpaired) electrons. The maximum atomic E-state index is 12.2. The molecule has 2 aromatic heterocycles. The van der Waals surface area contributed by atoms with E-state index in [1.165, 1.54) is 11.3 Å². The fourth-order valence-corrected chi connectivity index (χ4v) is 2.86. The molecule has 7 heteroatoms. The van der Waals surface area contributed by atoms with Crippen LogP contribution in [0.25, 0.3) is 10.9 Å². The molecule has 1 amide bonds. The number of nitrogen functional groups attached to an aromatic ring is 1. The lowest BCUT2D eigenvalue weighted by atomic mass is 10.2. The van der Waals surface area contributed by atoms with Gasteiger partial charge in [0.15, 0.2) is 0 Å². The van der Waals surface area contributed by atoms with Crippen LogP contribution in [0, 0.1) is 0 Å². The largest absolute Gasteiger partial charge is 0.374 e. The van der Waals surface area contributed by atoms with Gasteiger partial charge in [0.25, 0.3) is 5.91 Å². The van der Waals surface area contributed by atoms with Crippen molar-refractivity contribution in [3.8, 4) is 0 Å². The number of nitrogens with one attached hydrogen (secondary N) is 1. The van der Waals surface area contributed by atoms with Crippen LogP contribution in [-0.4, -0.2) is 27.2 Å². The van der Waals surface area contributed by atoms with Crippen molar-refractivity contribution >= 4 is 33.3 Å². The Balaban J connectivity index is 1.68. The van der Waals surface area contributed by atoms with Gasteiger partial charge in [-0.2, -0.15) is 0 Å². The van der Waals surface area contributed by atoms with Crippen LogP contribution in [0.3, 0.4) is 0 Å². The molecule has 2 heterocycles. The van der Waals surface area contributed by atoms with Crippen LogP contribution in [-0.2, 0) is 13.5 Å². The van der Waals surface area contributed by atoms with Crippen LogP contribution < -0.4 is 11.1 Å². The average molecular weight is 301 g/mol. The molecular formula is C14H15N5OS. The Morgan fingerprint density at radius 2 is 2.19 bits per heavy atom. The number of aromatic nitrogens is 3. The predicted octanol–water partition coefficient (Wildman–Crippen LogP) is 1.58. The molecule has 0 aliphatic heterocycles. The number of carbonyl (C=O) groups is 1. The van der Waals surface area contributed by atoms with Gasteiger partial charge in [-0.1, -0.05) is 29.5 Å². The number of nitrogens with zero attached hydrogens (tertiary/aromatic N) is 3. The summed E-state index contributed by atoms with van der Waals surface area (Å²) in [6.45, 7) is 0.509. The first kappa shape index (κ1) is 13.6. The molecule has 0 saturated heterocycles. The second-order valence-electron chi connectivity index (χ2n) is 4.69. The van der Waals surface area contributed by atoms with Gasteiger partial charge in [-0.05, 0) is 12.1 Å². The van der Waals surface area contributed by atoms with Gasteiger partial charge < -0.3 is 15.6 Å². The van der Waals surface area contributed by atoms with E-state index in [0.717, 1.165) is 15.9 Å². The minimum absolute atomic E-state index is 0.0915. The number of benzene rings is 1. The lowest BCUT2D eigenvalue weighted by Gasteiger charge is -2.05. The highest BCUT2D eigenvalue weighted by Gasteiger charge is 2.12. The molecule has 0 fully saturated rings. The summed E-state index contributed by atoms with van der Waals surface area (Å²) in [5.74, 6) is -0.0915. The van der Waals surface area contributed by atoms with Gasteiger partial charge in [-0.15, -0.1) is 10.2 Å². The summed E-state index contributed by atoms with van der Waals surface area (Å²) in [6.07, 6.45) is 0.630. The number of carbonyl (C=O) groups excluding carboxylic acids is 1. The third kappa shape index (κ3) is 2.73. The molecule has 0 bridgehead atoms. The molecule has 21 heavy (non-hydrogen) atoms. The van der Waals surface area contributed by atoms with Gasteiger partial charge in [0.1, 0.15) is 10.7 Å². The van der Waals surface area contributed by atoms with Crippen molar-refractivity contribution in [2.24, 2.45) is 7.05 Å². The molecule has 1 aromatic carbocycles. The van der Waals surface area contributed by atoms with Crippen molar-refractivity contribution in [2.45, 2.75) is 6.42 Å². The molecule has 0 saturated carbocycles. The van der Waals surface area contributed by atoms with Gasteiger partial charge in [0.05, 0.1) is 0 Å². The summed E-state index contributed by atoms with van der Waals surface area (Å²) >= 11 is 1.34. The van der Waals surface area contributed by atoms with Crippen molar-refractivity contribution in [3.63, 3.8) is 0 Å². The van der Waals surface area contributed by atoms with Gasteiger partial charge in [0, 0.05) is 30.9 Å². The lowest BCUT2D eigenvalue weighted by molar-refractivity contribution is 0.0946. The summed E-state index contributed by atoms with van der Waals surface area (Å²) in [7, 11) is 1.89. The molecule has 0 unspecified atom stereocenters. The number of hydrogen-bond donors (Lipinski definition) is 2. The van der Waals surface area contributed by atoms with Crippen LogP contribution in [0.2, 0.25) is 0 Å². The Hall–Kier alpha value is -2.41. The maximum absolute atomic E-state index is 12.2. The Morgan fingerprint density at radius 1 is 1.38 bits per heavy atom. The van der Waals surface area contributed by atoms with Crippen molar-refractivity contribution in [2.75, 3.05) is 12.3 Å². The zero-order valence-electron chi connectivity index (χ0n) is 11.5. The molecule has 0 atom stereocenters. The summed E-state index contributed by atoms with van der Waals surface area (Å²) < 4.78 is 1.90. The number of anilines is 1. The third-order valence-corrected chi connectivity index (χ3v) is 4.10. The van der Waals surface area contributed by atoms with E-state index in [9.17, 15) is 4.79 Å². The number of rotatable bonds is 4. The first-order valence-corrected chi connectivity index (χ1v) is 7.37. The second kappa shape index (κ2) is 5.53. The Labute approximate surface area is 125 Å². The van der Waals surface area contributed by atoms with Crippen molar-refractivity contribution in [1.29, 1.82) is 0 Å². The van der Waals surface area contributed by atoms with E-state index in [4.69, 9.17) is 5.73 Å². The summed E-state index contributed by atoms with van der Waals surface area (Å²) in [5, 5.41) is 12.9. The Morgan fingerprint density at radius 3 is 2.90 bits per heavy atom. The minimum atomic E-state index is -0.0915. The van der Waals surface area contributed by atoms with E-state index >= 15 is 0 Å². The molecule has 3 rings (SSSR count). The molecule has 0 aliphatic carbocycles. The van der Waals surface area contributed by atoms with Crippen molar-refractivity contribution in [1.82, 2.24) is 20.1 Å². The molecule has 3 N–H and O–H groups in total. The number of aryl methyl sites for hydroxylation is 1. The van der Waals surface area contributed by atoms with E-state index in [0.29, 0.717) is 23.8 Å². The summed E-state index contributed by atoms with van der Waals surface area (Å²) in [5.41, 5.74) is 7.21. The summed E-state index contributed by atoms with van der Waals surface area (Å²) in [6, 6.07) is 9.81. The normalized spacial score (nSPS) is 10.9. The number of para-hydroxylation sites is 1. The van der Waals surface area contributed by atoms with Crippen LogP contribution in [0.5, 0.6) is 0 Å². The number of amides is 1. The van der Waals surface area contributed by atoms with Crippen LogP contribution in [0.1, 0.15) is 15.5 Å². The zero-order chi connectivity index (χ0) is 14.8. The lowest BCUT2D eigenvalue weighted by Crippen LogP contribution is -2.27. The standard InChI is InChI=1S/C14H15N5OS/c1-19-10-5-3-2-4-9(10)8-11(19)13(20)16-7-6-12-17-18-14(15)21-12/h2-5,8H,6-7H2,1H3,(H2,15,18)(H,16,20). The van der Waals surface area contributed by atoms with Crippen molar-refractivity contribution in [3.05, 3.63) is 41.0 Å². The predicted molar refractivity (Wildman–Crippen MR) is 83.3 cm³/mol. The molecular weight excluding hydrogens is 286 g/mol. The fourth-order valence-electron chi connectivity index (χ4n) is 2.25. The monoisotopic (exact) mass is 301 g/mol. The minimum Gasteiger partial charge on any atom is -0.374 e. The first-order chi connectivity index (χ1) is 10.1. The van der Waals surface area contributed by atoms with E-state index in [-0.39, 0.29) is 5.91 Å². The average Bonchev–Trinajstić information content (AvgIpc) is 3.03. The molecule has 0 spiro atoms. The third-order valence-electron chi connectivity index (χ3n) is 3.29. The maximum Gasteiger partial charge on any atom is 0.267 e. The Bertz CT molecular complexity index is 792.